The Labute approximate surface area is 110 Å². The summed E-state index contributed by atoms with van der Waals surface area (Å²) >= 11 is 6.15. The Balaban J connectivity index is 2.23. The zero-order valence-electron chi connectivity index (χ0n) is 10.6. The second-order valence-electron chi connectivity index (χ2n) is 4.34. The normalized spacial score (nSPS) is 12.4. The Morgan fingerprint density at radius 1 is 1.29 bits per heavy atom. The number of halogens is 1. The van der Waals surface area contributed by atoms with Gasteiger partial charge in [-0.2, -0.15) is 0 Å². The van der Waals surface area contributed by atoms with Crippen LogP contribution in [0.5, 0.6) is 0 Å². The summed E-state index contributed by atoms with van der Waals surface area (Å²) in [6, 6.07) is 8.34. The van der Waals surface area contributed by atoms with E-state index in [9.17, 15) is 0 Å². The summed E-state index contributed by atoms with van der Waals surface area (Å²) in [5.41, 5.74) is 1.18. The summed E-state index contributed by atoms with van der Waals surface area (Å²) in [6.07, 6.45) is 6.82. The number of hydrogen-bond acceptors (Lipinski definition) is 1. The molecular weight excluding hydrogens is 230 g/mol. The van der Waals surface area contributed by atoms with Gasteiger partial charge in [0.25, 0.3) is 0 Å². The van der Waals surface area contributed by atoms with Crippen LogP contribution >= 0.6 is 11.6 Å². The summed E-state index contributed by atoms with van der Waals surface area (Å²) in [7, 11) is 0. The van der Waals surface area contributed by atoms with Gasteiger partial charge < -0.3 is 5.32 Å². The lowest BCUT2D eigenvalue weighted by molar-refractivity contribution is 0.540. The maximum Gasteiger partial charge on any atom is 0.0453 e. The highest BCUT2D eigenvalue weighted by molar-refractivity contribution is 6.31. The van der Waals surface area contributed by atoms with Gasteiger partial charge in [0.1, 0.15) is 0 Å². The molecule has 0 saturated heterocycles. The smallest absolute Gasteiger partial charge is 0.0453 e. The first-order valence-electron chi connectivity index (χ1n) is 6.34. The highest BCUT2D eigenvalue weighted by Gasteiger charge is 2.07. The molecule has 0 radical (unpaired) electrons. The Hall–Kier alpha value is -0.790. The zero-order chi connectivity index (χ0) is 12.5. The molecule has 17 heavy (non-hydrogen) atoms. The van der Waals surface area contributed by atoms with E-state index < -0.39 is 0 Å². The molecule has 0 aliphatic heterocycles. The topological polar surface area (TPSA) is 12.0 Å². The molecule has 0 aliphatic carbocycles. The first-order valence-corrected chi connectivity index (χ1v) is 6.72. The van der Waals surface area contributed by atoms with Crippen molar-refractivity contribution in [2.24, 2.45) is 0 Å². The Morgan fingerprint density at radius 2 is 2.06 bits per heavy atom. The molecule has 1 unspecified atom stereocenters. The highest BCUT2D eigenvalue weighted by atomic mass is 35.5. The van der Waals surface area contributed by atoms with Crippen LogP contribution in [0.25, 0.3) is 0 Å². The quantitative estimate of drug-likeness (QED) is 0.520. The van der Waals surface area contributed by atoms with Crippen molar-refractivity contribution < 1.29 is 0 Å². The van der Waals surface area contributed by atoms with Crippen LogP contribution in [-0.4, -0.2) is 6.54 Å². The molecule has 0 saturated carbocycles. The molecule has 1 atom stereocenters. The molecule has 1 aromatic rings. The van der Waals surface area contributed by atoms with Crippen LogP contribution in [0.4, 0.5) is 0 Å². The van der Waals surface area contributed by atoms with Crippen molar-refractivity contribution in [1.82, 2.24) is 5.32 Å². The largest absolute Gasteiger partial charge is 0.310 e. The van der Waals surface area contributed by atoms with Crippen molar-refractivity contribution in [3.8, 4) is 0 Å². The minimum absolute atomic E-state index is 0.322. The number of unbranched alkanes of at least 4 members (excludes halogenated alkanes) is 3. The first kappa shape index (κ1) is 14.3. The van der Waals surface area contributed by atoms with Crippen LogP contribution in [0, 0.1) is 0 Å². The summed E-state index contributed by atoms with van der Waals surface area (Å²) in [4.78, 5) is 0. The Bertz CT molecular complexity index is 335. The van der Waals surface area contributed by atoms with Crippen LogP contribution in [0.1, 0.15) is 44.2 Å². The fraction of sp³-hybridized carbons (Fsp3) is 0.467. The highest BCUT2D eigenvalue weighted by Crippen LogP contribution is 2.21. The van der Waals surface area contributed by atoms with Gasteiger partial charge in [-0.3, -0.25) is 0 Å². The van der Waals surface area contributed by atoms with Crippen molar-refractivity contribution in [3.63, 3.8) is 0 Å². The summed E-state index contributed by atoms with van der Waals surface area (Å²) in [5, 5.41) is 4.35. The fourth-order valence-electron chi connectivity index (χ4n) is 1.85. The lowest BCUT2D eigenvalue weighted by Gasteiger charge is -2.15. The van der Waals surface area contributed by atoms with Gasteiger partial charge in [-0.1, -0.05) is 42.3 Å². The standard InChI is InChI=1S/C15H22ClN/c1-3-4-5-6-9-12-17-13(2)14-10-7-8-11-15(14)16/h3,7-8,10-11,13,17H,1,4-6,9,12H2,2H3. The van der Waals surface area contributed by atoms with E-state index in [1.54, 1.807) is 0 Å². The average molecular weight is 252 g/mol. The number of hydrogen-bond donors (Lipinski definition) is 1. The lowest BCUT2D eigenvalue weighted by Crippen LogP contribution is -2.20. The van der Waals surface area contributed by atoms with Gasteiger partial charge >= 0.3 is 0 Å². The monoisotopic (exact) mass is 251 g/mol. The maximum atomic E-state index is 6.15. The predicted molar refractivity (Wildman–Crippen MR) is 76.5 cm³/mol. The van der Waals surface area contributed by atoms with Crippen molar-refractivity contribution >= 4 is 11.6 Å². The molecule has 0 fully saturated rings. The molecule has 1 aromatic carbocycles. The van der Waals surface area contributed by atoms with Gasteiger partial charge in [0.15, 0.2) is 0 Å². The fourth-order valence-corrected chi connectivity index (χ4v) is 2.14. The molecule has 0 spiro atoms. The van der Waals surface area contributed by atoms with Crippen LogP contribution in [0.3, 0.4) is 0 Å². The lowest BCUT2D eigenvalue weighted by atomic mass is 10.1. The van der Waals surface area contributed by atoms with Crippen LogP contribution in [-0.2, 0) is 0 Å². The van der Waals surface area contributed by atoms with E-state index in [2.05, 4.69) is 24.9 Å². The van der Waals surface area contributed by atoms with Gasteiger partial charge in [0.2, 0.25) is 0 Å². The third-order valence-corrected chi connectivity index (χ3v) is 3.25. The maximum absolute atomic E-state index is 6.15. The SMILES string of the molecule is C=CCCCCCNC(C)c1ccccc1Cl. The van der Waals surface area contributed by atoms with Crippen molar-refractivity contribution in [2.75, 3.05) is 6.54 Å². The predicted octanol–water partition coefficient (Wildman–Crippen LogP) is 4.74. The van der Waals surface area contributed by atoms with E-state index in [1.807, 2.05) is 24.3 Å². The number of allylic oxidation sites excluding steroid dienone is 1. The second kappa shape index (κ2) is 8.32. The number of nitrogens with one attached hydrogen (secondary N) is 1. The van der Waals surface area contributed by atoms with Gasteiger partial charge in [0.05, 0.1) is 0 Å². The van der Waals surface area contributed by atoms with E-state index in [0.29, 0.717) is 6.04 Å². The van der Waals surface area contributed by atoms with Gasteiger partial charge in [-0.05, 0) is 44.4 Å². The van der Waals surface area contributed by atoms with E-state index in [1.165, 1.54) is 24.8 Å². The third kappa shape index (κ3) is 5.38. The molecule has 0 aliphatic rings. The van der Waals surface area contributed by atoms with Gasteiger partial charge in [-0.15, -0.1) is 6.58 Å². The van der Waals surface area contributed by atoms with Crippen LogP contribution < -0.4 is 5.32 Å². The molecule has 1 rings (SSSR count). The van der Waals surface area contributed by atoms with Gasteiger partial charge in [-0.25, -0.2) is 0 Å². The summed E-state index contributed by atoms with van der Waals surface area (Å²) < 4.78 is 0. The molecule has 0 bridgehead atoms. The minimum Gasteiger partial charge on any atom is -0.310 e. The number of benzene rings is 1. The van der Waals surface area contributed by atoms with Crippen LogP contribution in [0.2, 0.25) is 5.02 Å². The Morgan fingerprint density at radius 3 is 2.76 bits per heavy atom. The molecule has 0 aromatic heterocycles. The van der Waals surface area contributed by atoms with Crippen molar-refractivity contribution in [1.29, 1.82) is 0 Å². The third-order valence-electron chi connectivity index (χ3n) is 2.91. The number of rotatable bonds is 8. The van der Waals surface area contributed by atoms with Crippen molar-refractivity contribution in [2.45, 2.75) is 38.6 Å². The first-order chi connectivity index (χ1) is 8.25. The second-order valence-corrected chi connectivity index (χ2v) is 4.74. The average Bonchev–Trinajstić information content (AvgIpc) is 2.34. The molecule has 2 heteroatoms. The molecule has 0 heterocycles. The summed E-state index contributed by atoms with van der Waals surface area (Å²) in [5.74, 6) is 0. The van der Waals surface area contributed by atoms with E-state index in [-0.39, 0.29) is 0 Å². The molecule has 94 valence electrons. The molecular formula is C15H22ClN. The van der Waals surface area contributed by atoms with Crippen molar-refractivity contribution in [3.05, 3.63) is 47.5 Å². The molecule has 0 amide bonds. The van der Waals surface area contributed by atoms with E-state index in [4.69, 9.17) is 11.6 Å². The molecule has 1 N–H and O–H groups in total. The molecule has 1 nitrogen and oxygen atoms in total. The Kier molecular flexibility index (Phi) is 6.99. The summed E-state index contributed by atoms with van der Waals surface area (Å²) in [6.45, 7) is 6.93. The minimum atomic E-state index is 0.322. The van der Waals surface area contributed by atoms with Gasteiger partial charge in [0, 0.05) is 11.1 Å². The zero-order valence-corrected chi connectivity index (χ0v) is 11.3. The van der Waals surface area contributed by atoms with Crippen LogP contribution in [0.15, 0.2) is 36.9 Å². The van der Waals surface area contributed by atoms with E-state index in [0.717, 1.165) is 18.0 Å². The van der Waals surface area contributed by atoms with E-state index >= 15 is 0 Å².